The van der Waals surface area contributed by atoms with E-state index in [1.165, 1.54) is 0 Å². The highest BCUT2D eigenvalue weighted by molar-refractivity contribution is 6.07. The number of benzene rings is 2. The van der Waals surface area contributed by atoms with Gasteiger partial charge in [-0.2, -0.15) is 5.26 Å². The lowest BCUT2D eigenvalue weighted by Gasteiger charge is -2.19. The molecule has 2 amide bonds. The van der Waals surface area contributed by atoms with Crippen LogP contribution in [0, 0.1) is 18.3 Å². The molecule has 0 aromatic heterocycles. The minimum absolute atomic E-state index is 0.402. The Hall–Kier alpha value is -3.01. The minimum atomic E-state index is -3.08. The summed E-state index contributed by atoms with van der Waals surface area (Å²) in [5, 5.41) is 13.1. The molecule has 1 N–H and O–H groups in total. The molecule has 0 radical (unpaired) electrons. The second kappa shape index (κ2) is 6.71. The lowest BCUT2D eigenvalue weighted by atomic mass is 10.0. The van der Waals surface area contributed by atoms with Crippen molar-refractivity contribution in [1.82, 2.24) is 10.2 Å². The predicted octanol–water partition coefficient (Wildman–Crippen LogP) is 2.64. The van der Waals surface area contributed by atoms with Gasteiger partial charge in [-0.25, -0.2) is 8.78 Å². The van der Waals surface area contributed by atoms with Crippen LogP contribution in [0.2, 0.25) is 0 Å². The number of fused-ring (bicyclic) bond motifs is 1. The fourth-order valence-electron chi connectivity index (χ4n) is 3.15. The monoisotopic (exact) mass is 357 g/mol. The number of alkyl halides is 2. The summed E-state index contributed by atoms with van der Waals surface area (Å²) in [6, 6.07) is 11.5. The van der Waals surface area contributed by atoms with E-state index in [0.29, 0.717) is 5.56 Å². The van der Waals surface area contributed by atoms with Gasteiger partial charge in [-0.05, 0) is 23.8 Å². The van der Waals surface area contributed by atoms with Crippen LogP contribution in [-0.4, -0.2) is 41.8 Å². The molecular weight excluding hydrogens is 340 g/mol. The summed E-state index contributed by atoms with van der Waals surface area (Å²) in [7, 11) is 0. The van der Waals surface area contributed by atoms with Crippen LogP contribution < -0.4 is 5.32 Å². The van der Waals surface area contributed by atoms with Crippen molar-refractivity contribution in [2.75, 3.05) is 13.1 Å². The van der Waals surface area contributed by atoms with Crippen LogP contribution in [0.5, 0.6) is 0 Å². The molecule has 2 aromatic rings. The first kappa shape index (κ1) is 17.8. The number of aryl methyl sites for hydroxylation is 1. The van der Waals surface area contributed by atoms with Crippen LogP contribution >= 0.6 is 0 Å². The molecule has 1 aliphatic rings. The van der Waals surface area contributed by atoms with Gasteiger partial charge in [-0.1, -0.05) is 35.9 Å². The number of hydrogen-bond acceptors (Lipinski definition) is 3. The molecule has 5 nitrogen and oxygen atoms in total. The Labute approximate surface area is 149 Å². The molecule has 1 fully saturated rings. The number of likely N-dealkylation sites (tertiary alicyclic amines) is 1. The topological polar surface area (TPSA) is 73.2 Å². The fraction of sp³-hybridized carbons (Fsp3) is 0.316. The summed E-state index contributed by atoms with van der Waals surface area (Å²) in [6.45, 7) is 0.713. The third-order valence-corrected chi connectivity index (χ3v) is 4.42. The number of nitrogens with one attached hydrogen (secondary N) is 1. The third-order valence-electron chi connectivity index (χ3n) is 4.42. The number of halogens is 2. The van der Waals surface area contributed by atoms with Gasteiger partial charge in [0, 0.05) is 12.0 Å². The van der Waals surface area contributed by atoms with Gasteiger partial charge in [-0.15, -0.1) is 0 Å². The average molecular weight is 357 g/mol. The van der Waals surface area contributed by atoms with E-state index in [2.05, 4.69) is 5.32 Å². The molecule has 0 saturated carbocycles. The summed E-state index contributed by atoms with van der Waals surface area (Å²) in [6.07, 6.45) is -0.675. The van der Waals surface area contributed by atoms with Crippen molar-refractivity contribution < 1.29 is 18.4 Å². The highest BCUT2D eigenvalue weighted by atomic mass is 19.3. The summed E-state index contributed by atoms with van der Waals surface area (Å²) in [5.74, 6) is -4.24. The molecule has 0 bridgehead atoms. The standard InChI is InChI=1S/C19H17F2N3O2/c1-12-5-6-15-13(7-12)3-2-4-16(15)18(26)23-10-17(25)24-11-19(20,21)8-14(24)9-22/h2-7,14H,8,10-11H2,1H3,(H,23,26). The molecular formula is C19H17F2N3O2. The van der Waals surface area contributed by atoms with Gasteiger partial charge in [-0.3, -0.25) is 9.59 Å². The SMILES string of the molecule is Cc1ccc2c(C(=O)NCC(=O)N3CC(F)(F)CC3C#N)cccc2c1. The van der Waals surface area contributed by atoms with Crippen LogP contribution in [0.25, 0.3) is 10.8 Å². The molecule has 1 heterocycles. The second-order valence-corrected chi connectivity index (χ2v) is 6.44. The van der Waals surface area contributed by atoms with Crippen molar-refractivity contribution in [2.45, 2.75) is 25.3 Å². The zero-order valence-corrected chi connectivity index (χ0v) is 14.1. The molecule has 1 atom stereocenters. The van der Waals surface area contributed by atoms with Crippen LogP contribution in [-0.2, 0) is 4.79 Å². The van der Waals surface area contributed by atoms with Crippen LogP contribution in [0.3, 0.4) is 0 Å². The lowest BCUT2D eigenvalue weighted by Crippen LogP contribution is -2.43. The summed E-state index contributed by atoms with van der Waals surface area (Å²) >= 11 is 0. The van der Waals surface area contributed by atoms with Crippen molar-refractivity contribution in [1.29, 1.82) is 5.26 Å². The number of carbonyl (C=O) groups is 2. The highest BCUT2D eigenvalue weighted by Gasteiger charge is 2.47. The van der Waals surface area contributed by atoms with E-state index in [1.807, 2.05) is 31.2 Å². The zero-order valence-electron chi connectivity index (χ0n) is 14.1. The number of amides is 2. The predicted molar refractivity (Wildman–Crippen MR) is 91.7 cm³/mol. The van der Waals surface area contributed by atoms with Crippen LogP contribution in [0.15, 0.2) is 36.4 Å². The molecule has 3 rings (SSSR count). The first-order valence-electron chi connectivity index (χ1n) is 8.15. The second-order valence-electron chi connectivity index (χ2n) is 6.44. The summed E-state index contributed by atoms with van der Waals surface area (Å²) in [4.78, 5) is 25.4. The first-order chi connectivity index (χ1) is 12.3. The molecule has 1 unspecified atom stereocenters. The van der Waals surface area contributed by atoms with Gasteiger partial charge in [0.05, 0.1) is 19.2 Å². The Bertz CT molecular complexity index is 921. The summed E-state index contributed by atoms with van der Waals surface area (Å²) < 4.78 is 26.9. The smallest absolute Gasteiger partial charge is 0.268 e. The van der Waals surface area contributed by atoms with Gasteiger partial charge >= 0.3 is 0 Å². The van der Waals surface area contributed by atoms with E-state index < -0.39 is 43.3 Å². The third kappa shape index (κ3) is 3.49. The van der Waals surface area contributed by atoms with Crippen molar-refractivity contribution in [3.8, 4) is 6.07 Å². The van der Waals surface area contributed by atoms with Crippen molar-refractivity contribution in [3.05, 3.63) is 47.5 Å². The molecule has 7 heteroatoms. The van der Waals surface area contributed by atoms with Crippen molar-refractivity contribution >= 4 is 22.6 Å². The molecule has 1 aliphatic heterocycles. The Balaban J connectivity index is 1.72. The quantitative estimate of drug-likeness (QED) is 0.918. The maximum absolute atomic E-state index is 13.4. The number of nitriles is 1. The highest BCUT2D eigenvalue weighted by Crippen LogP contribution is 2.31. The lowest BCUT2D eigenvalue weighted by molar-refractivity contribution is -0.131. The average Bonchev–Trinajstić information content (AvgIpc) is 2.93. The Kier molecular flexibility index (Phi) is 4.60. The number of nitrogens with zero attached hydrogens (tertiary/aromatic N) is 2. The minimum Gasteiger partial charge on any atom is -0.343 e. The van der Waals surface area contributed by atoms with Gasteiger partial charge in [0.2, 0.25) is 5.91 Å². The normalized spacial score (nSPS) is 18.5. The number of carbonyl (C=O) groups excluding carboxylic acids is 2. The Morgan fingerprint density at radius 1 is 1.35 bits per heavy atom. The Morgan fingerprint density at radius 2 is 2.12 bits per heavy atom. The molecule has 26 heavy (non-hydrogen) atoms. The Morgan fingerprint density at radius 3 is 2.85 bits per heavy atom. The molecule has 134 valence electrons. The molecule has 1 saturated heterocycles. The number of hydrogen-bond donors (Lipinski definition) is 1. The van der Waals surface area contributed by atoms with Crippen LogP contribution in [0.4, 0.5) is 8.78 Å². The van der Waals surface area contributed by atoms with Gasteiger partial charge < -0.3 is 10.2 Å². The molecule has 0 spiro atoms. The summed E-state index contributed by atoms with van der Waals surface area (Å²) in [5.41, 5.74) is 1.46. The van der Waals surface area contributed by atoms with Crippen molar-refractivity contribution in [2.24, 2.45) is 0 Å². The van der Waals surface area contributed by atoms with Gasteiger partial charge in [0.25, 0.3) is 11.8 Å². The fourth-order valence-corrected chi connectivity index (χ4v) is 3.15. The zero-order chi connectivity index (χ0) is 18.9. The molecule has 0 aliphatic carbocycles. The van der Waals surface area contributed by atoms with E-state index in [1.54, 1.807) is 18.2 Å². The van der Waals surface area contributed by atoms with Gasteiger partial charge in [0.1, 0.15) is 6.04 Å². The number of rotatable bonds is 3. The van der Waals surface area contributed by atoms with Crippen LogP contribution in [0.1, 0.15) is 22.3 Å². The van der Waals surface area contributed by atoms with Gasteiger partial charge in [0.15, 0.2) is 0 Å². The maximum Gasteiger partial charge on any atom is 0.268 e. The molecule has 2 aromatic carbocycles. The van der Waals surface area contributed by atoms with Crippen molar-refractivity contribution in [3.63, 3.8) is 0 Å². The largest absolute Gasteiger partial charge is 0.343 e. The van der Waals surface area contributed by atoms with E-state index in [4.69, 9.17) is 5.26 Å². The van der Waals surface area contributed by atoms with E-state index in [9.17, 15) is 18.4 Å². The van der Waals surface area contributed by atoms with E-state index >= 15 is 0 Å². The first-order valence-corrected chi connectivity index (χ1v) is 8.15. The van der Waals surface area contributed by atoms with E-state index in [-0.39, 0.29) is 0 Å². The maximum atomic E-state index is 13.4. The van der Waals surface area contributed by atoms with E-state index in [0.717, 1.165) is 21.2 Å².